The van der Waals surface area contributed by atoms with Crippen LogP contribution in [0.25, 0.3) is 0 Å². The second-order valence-electron chi connectivity index (χ2n) is 8.58. The predicted molar refractivity (Wildman–Crippen MR) is 125 cm³/mol. The highest BCUT2D eigenvalue weighted by atomic mass is 32.2. The third-order valence-corrected chi connectivity index (χ3v) is 7.38. The number of aliphatic carboxylic acids is 1. The van der Waals surface area contributed by atoms with Gasteiger partial charge in [0, 0.05) is 43.4 Å². The number of fused-ring (bicyclic) bond motifs is 1. The molecule has 5 N–H and O–H groups in total. The van der Waals surface area contributed by atoms with Gasteiger partial charge in [-0.25, -0.2) is 4.79 Å². The fourth-order valence-corrected chi connectivity index (χ4v) is 5.62. The van der Waals surface area contributed by atoms with Gasteiger partial charge in [-0.2, -0.15) is 11.8 Å². The number of hydrogen-bond donors (Lipinski definition) is 5. The van der Waals surface area contributed by atoms with E-state index in [9.17, 15) is 19.2 Å². The zero-order valence-corrected chi connectivity index (χ0v) is 19.6. The van der Waals surface area contributed by atoms with E-state index in [1.165, 1.54) is 0 Å². The highest BCUT2D eigenvalue weighted by Crippen LogP contribution is 2.33. The lowest BCUT2D eigenvalue weighted by atomic mass is 10.0. The minimum atomic E-state index is -0.777. The molecule has 3 atom stereocenters. The van der Waals surface area contributed by atoms with Crippen molar-refractivity contribution in [3.63, 3.8) is 0 Å². The Morgan fingerprint density at radius 2 is 1.44 bits per heavy atom. The summed E-state index contributed by atoms with van der Waals surface area (Å²) in [5.74, 6) is 0.302. The smallest absolute Gasteiger partial charge is 0.315 e. The molecule has 2 rings (SSSR count). The summed E-state index contributed by atoms with van der Waals surface area (Å²) in [4.78, 5) is 45.5. The van der Waals surface area contributed by atoms with Crippen LogP contribution in [0, 0.1) is 0 Å². The van der Waals surface area contributed by atoms with Gasteiger partial charge in [-0.15, -0.1) is 0 Å². The van der Waals surface area contributed by atoms with Gasteiger partial charge in [0.25, 0.3) is 0 Å². The predicted octanol–water partition coefficient (Wildman–Crippen LogP) is 2.15. The van der Waals surface area contributed by atoms with Crippen molar-refractivity contribution in [3.8, 4) is 0 Å². The fraction of sp³-hybridized carbons (Fsp3) is 0.818. The molecule has 0 aliphatic carbocycles. The molecule has 0 radical (unpaired) electrons. The van der Waals surface area contributed by atoms with E-state index >= 15 is 0 Å². The summed E-state index contributed by atoms with van der Waals surface area (Å²) in [6, 6.07) is 0.421. The fourth-order valence-electron chi connectivity index (χ4n) is 4.07. The van der Waals surface area contributed by atoms with Crippen molar-refractivity contribution >= 4 is 35.6 Å². The van der Waals surface area contributed by atoms with E-state index in [4.69, 9.17) is 5.11 Å². The maximum Gasteiger partial charge on any atom is 0.315 e. The molecule has 182 valence electrons. The average molecular weight is 471 g/mol. The number of nitrogens with one attached hydrogen (secondary N) is 4. The van der Waals surface area contributed by atoms with Gasteiger partial charge in [-0.05, 0) is 38.5 Å². The molecule has 0 spiro atoms. The van der Waals surface area contributed by atoms with Crippen molar-refractivity contribution in [1.29, 1.82) is 0 Å². The molecule has 2 aliphatic rings. The Morgan fingerprint density at radius 3 is 2.06 bits per heavy atom. The second kappa shape index (κ2) is 15.0. The quantitative estimate of drug-likeness (QED) is 0.163. The highest BCUT2D eigenvalue weighted by Gasteiger charge is 2.42. The monoisotopic (exact) mass is 470 g/mol. The third kappa shape index (κ3) is 10.6. The number of carboxylic acids is 1. The Hall–Kier alpha value is -1.97. The number of carbonyl (C=O) groups is 4. The van der Waals surface area contributed by atoms with Gasteiger partial charge in [0.05, 0.1) is 12.1 Å². The van der Waals surface area contributed by atoms with Crippen molar-refractivity contribution in [2.24, 2.45) is 0 Å². The molecule has 10 heteroatoms. The van der Waals surface area contributed by atoms with Crippen LogP contribution < -0.4 is 21.3 Å². The number of hydrogen-bond acceptors (Lipinski definition) is 5. The van der Waals surface area contributed by atoms with Crippen LogP contribution in [-0.4, -0.2) is 65.1 Å². The average Bonchev–Trinajstić information content (AvgIpc) is 3.29. The second-order valence-corrected chi connectivity index (χ2v) is 9.85. The van der Waals surface area contributed by atoms with E-state index in [2.05, 4.69) is 21.3 Å². The summed E-state index contributed by atoms with van der Waals surface area (Å²) in [6.07, 6.45) is 8.89. The van der Waals surface area contributed by atoms with E-state index in [1.807, 2.05) is 11.8 Å². The third-order valence-electron chi connectivity index (χ3n) is 5.87. The molecular weight excluding hydrogens is 432 g/mol. The molecule has 0 unspecified atom stereocenters. The number of unbranched alkanes of at least 4 members (excludes halogenated alkanes) is 5. The van der Waals surface area contributed by atoms with Crippen LogP contribution in [0.3, 0.4) is 0 Å². The lowest BCUT2D eigenvalue weighted by Crippen LogP contribution is -2.36. The number of thioether (sulfide) groups is 1. The van der Waals surface area contributed by atoms with Crippen molar-refractivity contribution in [1.82, 2.24) is 21.3 Å². The molecule has 2 saturated heterocycles. The summed E-state index contributed by atoms with van der Waals surface area (Å²) in [5.41, 5.74) is 0. The van der Waals surface area contributed by atoms with E-state index < -0.39 is 5.97 Å². The zero-order chi connectivity index (χ0) is 23.2. The number of rotatable bonds is 17. The molecule has 2 fully saturated rings. The Balaban J connectivity index is 1.35. The largest absolute Gasteiger partial charge is 0.481 e. The molecular formula is C22H38N4O5S. The minimum Gasteiger partial charge on any atom is -0.481 e. The van der Waals surface area contributed by atoms with Crippen LogP contribution in [0.5, 0.6) is 0 Å². The van der Waals surface area contributed by atoms with Crippen molar-refractivity contribution in [2.45, 2.75) is 94.4 Å². The summed E-state index contributed by atoms with van der Waals surface area (Å²) in [7, 11) is 0. The Morgan fingerprint density at radius 1 is 0.844 bits per heavy atom. The van der Waals surface area contributed by atoms with E-state index in [0.29, 0.717) is 37.6 Å². The van der Waals surface area contributed by atoms with Crippen LogP contribution in [0.4, 0.5) is 4.79 Å². The van der Waals surface area contributed by atoms with Gasteiger partial charge in [-0.3, -0.25) is 14.4 Å². The van der Waals surface area contributed by atoms with Gasteiger partial charge < -0.3 is 26.4 Å². The molecule has 0 aromatic heterocycles. The van der Waals surface area contributed by atoms with Crippen LogP contribution in [0.2, 0.25) is 0 Å². The van der Waals surface area contributed by atoms with E-state index in [-0.39, 0.29) is 36.3 Å². The Labute approximate surface area is 194 Å². The first-order valence-electron chi connectivity index (χ1n) is 11.9. The molecule has 32 heavy (non-hydrogen) atoms. The molecule has 0 aromatic rings. The van der Waals surface area contributed by atoms with Crippen LogP contribution in [-0.2, 0) is 14.4 Å². The highest BCUT2D eigenvalue weighted by molar-refractivity contribution is 8.00. The first-order chi connectivity index (χ1) is 15.5. The Bertz CT molecular complexity index is 633. The van der Waals surface area contributed by atoms with E-state index in [0.717, 1.165) is 57.1 Å². The molecule has 0 saturated carbocycles. The summed E-state index contributed by atoms with van der Waals surface area (Å²) in [5, 5.41) is 20.7. The molecule has 2 heterocycles. The van der Waals surface area contributed by atoms with Gasteiger partial charge in [0.15, 0.2) is 0 Å². The standard InChI is InChI=1S/C22H38N4O5S/c27-18(23-14-8-2-4-12-20(29)30)10-3-1-7-13-24-19(28)11-6-5-9-17-21-16(15-32-17)25-22(31)26-21/h16-17,21H,1-15H2,(H,23,27)(H,24,28)(H,29,30)(H2,25,26,31)/t16-,17-,21-/m0/s1. The number of carbonyl (C=O) groups excluding carboxylic acids is 3. The summed E-state index contributed by atoms with van der Waals surface area (Å²) >= 11 is 1.90. The van der Waals surface area contributed by atoms with Crippen LogP contribution >= 0.6 is 11.8 Å². The molecule has 2 aliphatic heterocycles. The molecule has 9 nitrogen and oxygen atoms in total. The van der Waals surface area contributed by atoms with Gasteiger partial charge in [-0.1, -0.05) is 19.3 Å². The lowest BCUT2D eigenvalue weighted by molar-refractivity contribution is -0.137. The van der Waals surface area contributed by atoms with Crippen LogP contribution in [0.1, 0.15) is 77.0 Å². The topological polar surface area (TPSA) is 137 Å². The first-order valence-corrected chi connectivity index (χ1v) is 12.9. The van der Waals surface area contributed by atoms with Crippen LogP contribution in [0.15, 0.2) is 0 Å². The summed E-state index contributed by atoms with van der Waals surface area (Å²) in [6.45, 7) is 1.24. The molecule has 0 bridgehead atoms. The lowest BCUT2D eigenvalue weighted by Gasteiger charge is -2.16. The van der Waals surface area contributed by atoms with E-state index in [1.54, 1.807) is 0 Å². The SMILES string of the molecule is O=C(O)CCCCCNC(=O)CCCCCNC(=O)CCCC[C@@H]1SC[C@@H]2NC(=O)N[C@@H]21. The molecule has 4 amide bonds. The first kappa shape index (κ1) is 26.3. The number of amides is 4. The maximum absolute atomic E-state index is 12.0. The number of carboxylic acid groups (broad SMARTS) is 1. The maximum atomic E-state index is 12.0. The van der Waals surface area contributed by atoms with Gasteiger partial charge in [0.1, 0.15) is 0 Å². The molecule has 0 aromatic carbocycles. The van der Waals surface area contributed by atoms with Gasteiger partial charge in [0.2, 0.25) is 11.8 Å². The van der Waals surface area contributed by atoms with Crippen molar-refractivity contribution < 1.29 is 24.3 Å². The number of urea groups is 1. The Kier molecular flexibility index (Phi) is 12.3. The minimum absolute atomic E-state index is 0.0342. The van der Waals surface area contributed by atoms with Gasteiger partial charge >= 0.3 is 12.0 Å². The normalized spacial score (nSPS) is 21.5. The summed E-state index contributed by atoms with van der Waals surface area (Å²) < 4.78 is 0. The van der Waals surface area contributed by atoms with Crippen molar-refractivity contribution in [3.05, 3.63) is 0 Å². The zero-order valence-electron chi connectivity index (χ0n) is 18.8. The van der Waals surface area contributed by atoms with Crippen molar-refractivity contribution in [2.75, 3.05) is 18.8 Å².